The fourth-order valence-electron chi connectivity index (χ4n) is 2.03. The zero-order chi connectivity index (χ0) is 14.1. The van der Waals surface area contributed by atoms with Crippen molar-refractivity contribution in [2.45, 2.75) is 20.5 Å². The van der Waals surface area contributed by atoms with E-state index in [0.29, 0.717) is 6.61 Å². The summed E-state index contributed by atoms with van der Waals surface area (Å²) in [6, 6.07) is 7.88. The van der Waals surface area contributed by atoms with E-state index >= 15 is 0 Å². The van der Waals surface area contributed by atoms with Gasteiger partial charge in [0.25, 0.3) is 5.19 Å². The zero-order valence-electron chi connectivity index (χ0n) is 11.6. The number of benzene rings is 1. The van der Waals surface area contributed by atoms with Gasteiger partial charge in [-0.15, -0.1) is 11.3 Å². The molecule has 0 atom stereocenters. The van der Waals surface area contributed by atoms with Crippen LogP contribution in [0.15, 0.2) is 24.3 Å². The van der Waals surface area contributed by atoms with Crippen molar-refractivity contribution < 1.29 is 9.47 Å². The van der Waals surface area contributed by atoms with Gasteiger partial charge in [0.05, 0.1) is 17.3 Å². The lowest BCUT2D eigenvalue weighted by atomic mass is 10.2. The van der Waals surface area contributed by atoms with E-state index in [1.165, 1.54) is 14.5 Å². The van der Waals surface area contributed by atoms with Gasteiger partial charge in [-0.05, 0) is 31.5 Å². The summed E-state index contributed by atoms with van der Waals surface area (Å²) in [5.41, 5.74) is 2.19. The quantitative estimate of drug-likeness (QED) is 0.708. The van der Waals surface area contributed by atoms with E-state index in [2.05, 4.69) is 18.8 Å². The summed E-state index contributed by atoms with van der Waals surface area (Å²) in [6.45, 7) is 4.76. The van der Waals surface area contributed by atoms with E-state index in [9.17, 15) is 0 Å². The van der Waals surface area contributed by atoms with Crippen LogP contribution >= 0.6 is 22.7 Å². The van der Waals surface area contributed by atoms with Crippen molar-refractivity contribution in [2.75, 3.05) is 7.11 Å². The second-order valence-electron chi connectivity index (χ2n) is 4.51. The van der Waals surface area contributed by atoms with Gasteiger partial charge in [0.15, 0.2) is 0 Å². The number of thiazole rings is 1. The van der Waals surface area contributed by atoms with Crippen LogP contribution in [0.2, 0.25) is 0 Å². The van der Waals surface area contributed by atoms with Crippen LogP contribution in [0.25, 0.3) is 10.2 Å². The van der Waals surface area contributed by atoms with Gasteiger partial charge in [-0.2, -0.15) is 0 Å². The van der Waals surface area contributed by atoms with E-state index < -0.39 is 0 Å². The van der Waals surface area contributed by atoms with Gasteiger partial charge in [0.2, 0.25) is 0 Å². The number of ether oxygens (including phenoxy) is 2. The average Bonchev–Trinajstić information content (AvgIpc) is 2.99. The summed E-state index contributed by atoms with van der Waals surface area (Å²) in [7, 11) is 1.66. The molecule has 0 aliphatic heterocycles. The first-order valence-electron chi connectivity index (χ1n) is 6.29. The Kier molecular flexibility index (Phi) is 3.63. The molecular formula is C15H15NO2S2. The minimum atomic E-state index is 0.529. The Bertz CT molecular complexity index is 694. The lowest BCUT2D eigenvalue weighted by molar-refractivity contribution is 0.305. The first-order valence-corrected chi connectivity index (χ1v) is 7.93. The van der Waals surface area contributed by atoms with Gasteiger partial charge in [0.1, 0.15) is 12.4 Å². The number of hydrogen-bond acceptors (Lipinski definition) is 5. The number of nitrogens with zero attached hydrogens (tertiary/aromatic N) is 1. The molecule has 0 amide bonds. The topological polar surface area (TPSA) is 31.4 Å². The summed E-state index contributed by atoms with van der Waals surface area (Å²) in [5.74, 6) is 0.856. The van der Waals surface area contributed by atoms with Crippen LogP contribution in [0.5, 0.6) is 10.9 Å². The van der Waals surface area contributed by atoms with Crippen LogP contribution < -0.4 is 9.47 Å². The Hall–Kier alpha value is -1.59. The second kappa shape index (κ2) is 5.42. The summed E-state index contributed by atoms with van der Waals surface area (Å²) in [5, 5.41) is 0.741. The summed E-state index contributed by atoms with van der Waals surface area (Å²) >= 11 is 3.42. The third-order valence-corrected chi connectivity index (χ3v) is 5.31. The van der Waals surface area contributed by atoms with Crippen molar-refractivity contribution in [3.05, 3.63) is 39.6 Å². The molecule has 0 unspecified atom stereocenters. The van der Waals surface area contributed by atoms with Crippen LogP contribution in [0.3, 0.4) is 0 Å². The number of aromatic nitrogens is 1. The Balaban J connectivity index is 1.74. The number of thiophene rings is 1. The molecule has 0 bridgehead atoms. The molecule has 20 heavy (non-hydrogen) atoms. The molecule has 0 N–H and O–H groups in total. The largest absolute Gasteiger partial charge is 0.497 e. The van der Waals surface area contributed by atoms with E-state index in [1.807, 2.05) is 24.3 Å². The van der Waals surface area contributed by atoms with Gasteiger partial charge < -0.3 is 9.47 Å². The molecular weight excluding hydrogens is 290 g/mol. The molecule has 0 saturated heterocycles. The molecule has 0 saturated carbocycles. The van der Waals surface area contributed by atoms with Crippen molar-refractivity contribution in [2.24, 2.45) is 0 Å². The van der Waals surface area contributed by atoms with Gasteiger partial charge in [-0.1, -0.05) is 23.5 Å². The number of methoxy groups -OCH3 is 1. The van der Waals surface area contributed by atoms with Gasteiger partial charge in [-0.25, -0.2) is 4.98 Å². The van der Waals surface area contributed by atoms with Crippen molar-refractivity contribution >= 4 is 32.9 Å². The highest BCUT2D eigenvalue weighted by molar-refractivity contribution is 7.25. The Labute approximate surface area is 125 Å². The molecule has 5 heteroatoms. The predicted molar refractivity (Wildman–Crippen MR) is 84.3 cm³/mol. The van der Waals surface area contributed by atoms with Crippen LogP contribution in [-0.2, 0) is 6.61 Å². The minimum Gasteiger partial charge on any atom is -0.497 e. The summed E-state index contributed by atoms with van der Waals surface area (Å²) in [6.07, 6.45) is 0. The van der Waals surface area contributed by atoms with Crippen LogP contribution in [0, 0.1) is 13.8 Å². The Morgan fingerprint density at radius 1 is 1.05 bits per heavy atom. The van der Waals surface area contributed by atoms with E-state index in [4.69, 9.17) is 9.47 Å². The highest BCUT2D eigenvalue weighted by Crippen LogP contribution is 2.37. The normalized spacial score (nSPS) is 10.9. The molecule has 0 radical (unpaired) electrons. The minimum absolute atomic E-state index is 0.529. The molecule has 104 valence electrons. The molecule has 3 aromatic rings. The first-order chi connectivity index (χ1) is 9.67. The molecule has 0 aliphatic carbocycles. The molecule has 0 spiro atoms. The van der Waals surface area contributed by atoms with Crippen molar-refractivity contribution in [3.8, 4) is 10.9 Å². The summed E-state index contributed by atoms with van der Waals surface area (Å²) < 4.78 is 12.2. The lowest BCUT2D eigenvalue weighted by Crippen LogP contribution is -1.94. The molecule has 2 aromatic heterocycles. The number of hydrogen-bond donors (Lipinski definition) is 0. The number of fused-ring (bicyclic) bond motifs is 1. The number of rotatable bonds is 4. The smallest absolute Gasteiger partial charge is 0.274 e. The third kappa shape index (κ3) is 2.51. The van der Waals surface area contributed by atoms with Gasteiger partial charge in [-0.3, -0.25) is 0 Å². The average molecular weight is 305 g/mol. The predicted octanol–water partition coefficient (Wildman–Crippen LogP) is 4.56. The molecule has 3 rings (SSSR count). The molecule has 1 aromatic carbocycles. The second-order valence-corrected chi connectivity index (χ2v) is 6.90. The van der Waals surface area contributed by atoms with E-state index in [0.717, 1.165) is 22.0 Å². The number of aryl methyl sites for hydroxylation is 2. The van der Waals surface area contributed by atoms with Crippen LogP contribution in [-0.4, -0.2) is 12.1 Å². The van der Waals surface area contributed by atoms with Crippen molar-refractivity contribution in [1.82, 2.24) is 4.98 Å². The molecule has 0 fully saturated rings. The maximum Gasteiger partial charge on any atom is 0.274 e. The maximum atomic E-state index is 5.79. The molecule has 0 aliphatic rings. The fraction of sp³-hybridized carbons (Fsp3) is 0.267. The SMILES string of the molecule is COc1ccc(COc2nc3c(C)sc(C)c3s2)cc1. The Morgan fingerprint density at radius 3 is 2.45 bits per heavy atom. The molecule has 2 heterocycles. The van der Waals surface area contributed by atoms with Gasteiger partial charge in [0, 0.05) is 9.75 Å². The van der Waals surface area contributed by atoms with E-state index in [1.54, 1.807) is 29.8 Å². The lowest BCUT2D eigenvalue weighted by Gasteiger charge is -2.04. The van der Waals surface area contributed by atoms with Crippen molar-refractivity contribution in [3.63, 3.8) is 0 Å². The highest BCUT2D eigenvalue weighted by atomic mass is 32.1. The molecule has 3 nitrogen and oxygen atoms in total. The third-order valence-electron chi connectivity index (χ3n) is 3.09. The standard InChI is InChI=1S/C15H15NO2S2/c1-9-13-14(10(2)19-9)20-15(16-13)18-8-11-4-6-12(17-3)7-5-11/h4-7H,8H2,1-3H3. The monoisotopic (exact) mass is 305 g/mol. The maximum absolute atomic E-state index is 5.79. The van der Waals surface area contributed by atoms with Crippen LogP contribution in [0.1, 0.15) is 15.3 Å². The zero-order valence-corrected chi connectivity index (χ0v) is 13.2. The Morgan fingerprint density at radius 2 is 1.80 bits per heavy atom. The van der Waals surface area contributed by atoms with Crippen LogP contribution in [0.4, 0.5) is 0 Å². The highest BCUT2D eigenvalue weighted by Gasteiger charge is 2.12. The van der Waals surface area contributed by atoms with E-state index in [-0.39, 0.29) is 0 Å². The fourth-order valence-corrected chi connectivity index (χ4v) is 4.11. The first kappa shape index (κ1) is 13.4. The van der Waals surface area contributed by atoms with Gasteiger partial charge >= 0.3 is 0 Å². The summed E-state index contributed by atoms with van der Waals surface area (Å²) in [4.78, 5) is 7.14. The van der Waals surface area contributed by atoms with Crippen molar-refractivity contribution in [1.29, 1.82) is 0 Å².